The third-order valence-electron chi connectivity index (χ3n) is 20.7. The number of ether oxygens (including phenoxy) is 4. The molecule has 0 spiro atoms. The Morgan fingerprint density at radius 2 is 0.677 bits per heavy atom. The molecule has 2 fully saturated rings. The van der Waals surface area contributed by atoms with E-state index in [1.54, 1.807) is 6.08 Å². The summed E-state index contributed by atoms with van der Waals surface area (Å²) in [4.78, 5) is 13.4. The molecule has 9 N–H and O–H groups in total. The smallest absolute Gasteiger partial charge is 0.220 e. The van der Waals surface area contributed by atoms with Crippen LogP contribution in [0.5, 0.6) is 0 Å². The molecule has 12 unspecified atom stereocenters. The monoisotopic (exact) mass is 1400 g/mol. The van der Waals surface area contributed by atoms with Gasteiger partial charge in [-0.25, -0.2) is 0 Å². The lowest BCUT2D eigenvalue weighted by atomic mass is 9.97. The number of carbonyl (C=O) groups excluding carboxylic acids is 1. The van der Waals surface area contributed by atoms with Gasteiger partial charge < -0.3 is 65.1 Å². The van der Waals surface area contributed by atoms with Crippen LogP contribution in [0.4, 0.5) is 0 Å². The third kappa shape index (κ3) is 51.7. The van der Waals surface area contributed by atoms with Gasteiger partial charge in [-0.15, -0.1) is 0 Å². The number of aliphatic hydroxyl groups is 8. The van der Waals surface area contributed by atoms with Crippen LogP contribution >= 0.6 is 0 Å². The molecule has 2 heterocycles. The number of amides is 1. The van der Waals surface area contributed by atoms with Gasteiger partial charge in [-0.2, -0.15) is 0 Å². The van der Waals surface area contributed by atoms with Crippen molar-refractivity contribution in [1.82, 2.24) is 5.32 Å². The second-order valence-electron chi connectivity index (χ2n) is 30.0. The Morgan fingerprint density at radius 1 is 0.364 bits per heavy atom. The molecule has 2 rings (SSSR count). The molecule has 0 aromatic carbocycles. The van der Waals surface area contributed by atoms with Crippen LogP contribution in [-0.4, -0.2) is 140 Å². The molecule has 0 saturated carbocycles. The van der Waals surface area contributed by atoms with Crippen LogP contribution in [0.3, 0.4) is 0 Å². The highest BCUT2D eigenvalue weighted by Crippen LogP contribution is 2.30. The fourth-order valence-corrected chi connectivity index (χ4v) is 14.1. The molecule has 99 heavy (non-hydrogen) atoms. The van der Waals surface area contributed by atoms with E-state index in [2.05, 4.69) is 55.6 Å². The Morgan fingerprint density at radius 3 is 1.05 bits per heavy atom. The molecule has 0 bridgehead atoms. The number of carbonyl (C=O) groups is 1. The molecule has 14 nitrogen and oxygen atoms in total. The number of allylic oxidation sites excluding steroid dienone is 7. The van der Waals surface area contributed by atoms with Crippen molar-refractivity contribution >= 4 is 5.91 Å². The van der Waals surface area contributed by atoms with Crippen molar-refractivity contribution in [2.24, 2.45) is 0 Å². The second kappa shape index (κ2) is 69.0. The van der Waals surface area contributed by atoms with E-state index >= 15 is 0 Å². The molecule has 0 aliphatic carbocycles. The normalized spacial score (nSPS) is 22.1. The van der Waals surface area contributed by atoms with E-state index < -0.39 is 86.8 Å². The Hall–Kier alpha value is -2.05. The van der Waals surface area contributed by atoms with E-state index in [1.165, 1.54) is 321 Å². The first kappa shape index (κ1) is 93.0. The zero-order valence-electron chi connectivity index (χ0n) is 64.0. The predicted molar refractivity (Wildman–Crippen MR) is 411 cm³/mol. The van der Waals surface area contributed by atoms with E-state index in [1.807, 2.05) is 6.08 Å². The summed E-state index contributed by atoms with van der Waals surface area (Å²) in [5.41, 5.74) is 0. The summed E-state index contributed by atoms with van der Waals surface area (Å²) >= 11 is 0. The molecule has 0 aromatic rings. The van der Waals surface area contributed by atoms with E-state index in [0.717, 1.165) is 38.5 Å². The number of nitrogens with one attached hydrogen (secondary N) is 1. The lowest BCUT2D eigenvalue weighted by Gasteiger charge is -2.46. The summed E-state index contributed by atoms with van der Waals surface area (Å²) in [6.45, 7) is 2.84. The van der Waals surface area contributed by atoms with Gasteiger partial charge in [0.15, 0.2) is 12.6 Å². The fourth-order valence-electron chi connectivity index (χ4n) is 14.1. The van der Waals surface area contributed by atoms with E-state index in [9.17, 15) is 45.6 Å². The molecule has 0 aromatic heterocycles. The maximum Gasteiger partial charge on any atom is 0.220 e. The van der Waals surface area contributed by atoms with Gasteiger partial charge in [-0.1, -0.05) is 371 Å². The lowest BCUT2D eigenvalue weighted by molar-refractivity contribution is -0.359. The predicted octanol–water partition coefficient (Wildman–Crippen LogP) is 19.8. The maximum atomic E-state index is 13.4. The number of aliphatic hydroxyl groups excluding tert-OH is 8. The Bertz CT molecular complexity index is 1850. The molecule has 2 aliphatic rings. The molecule has 582 valence electrons. The van der Waals surface area contributed by atoms with Crippen molar-refractivity contribution in [3.63, 3.8) is 0 Å². The average Bonchev–Trinajstić information content (AvgIpc) is 0.794. The summed E-state index contributed by atoms with van der Waals surface area (Å²) in [6, 6.07) is -0.932. The number of hydrogen-bond acceptors (Lipinski definition) is 13. The molecule has 0 radical (unpaired) electrons. The highest BCUT2D eigenvalue weighted by Gasteiger charge is 2.51. The minimum Gasteiger partial charge on any atom is -0.394 e. The minimum atomic E-state index is -1.79. The number of hydrogen-bond donors (Lipinski definition) is 9. The van der Waals surface area contributed by atoms with Gasteiger partial charge in [-0.3, -0.25) is 4.79 Å². The van der Waals surface area contributed by atoms with Crippen molar-refractivity contribution in [2.45, 2.75) is 466 Å². The summed E-state index contributed by atoms with van der Waals surface area (Å²) < 4.78 is 22.9. The third-order valence-corrected chi connectivity index (χ3v) is 20.7. The van der Waals surface area contributed by atoms with Gasteiger partial charge in [0.2, 0.25) is 5.91 Å². The van der Waals surface area contributed by atoms with Crippen molar-refractivity contribution in [3.05, 3.63) is 48.6 Å². The molecule has 1 amide bonds. The van der Waals surface area contributed by atoms with Crippen molar-refractivity contribution in [1.29, 1.82) is 0 Å². The van der Waals surface area contributed by atoms with E-state index in [-0.39, 0.29) is 18.9 Å². The quantitative estimate of drug-likeness (QED) is 0.0204. The van der Waals surface area contributed by atoms with Crippen LogP contribution in [0, 0.1) is 0 Å². The second-order valence-corrected chi connectivity index (χ2v) is 30.0. The molecule has 2 saturated heterocycles. The van der Waals surface area contributed by atoms with E-state index in [0.29, 0.717) is 12.8 Å². The maximum absolute atomic E-state index is 13.4. The molecule has 12 atom stereocenters. The van der Waals surface area contributed by atoms with Crippen LogP contribution in [0.25, 0.3) is 0 Å². The number of unbranched alkanes of at least 4 members (excludes halogenated alkanes) is 53. The highest BCUT2D eigenvalue weighted by molar-refractivity contribution is 5.76. The van der Waals surface area contributed by atoms with Crippen LogP contribution in [0.15, 0.2) is 48.6 Å². The van der Waals surface area contributed by atoms with Crippen molar-refractivity contribution in [3.8, 4) is 0 Å². The van der Waals surface area contributed by atoms with Gasteiger partial charge in [0, 0.05) is 6.42 Å². The Labute approximate surface area is 607 Å². The standard InChI is InChI=1S/C85H159NO13/c1-3-5-7-9-11-13-15-17-19-21-23-25-27-29-31-32-33-34-35-36-37-38-39-40-41-42-43-45-47-49-51-53-55-57-59-61-63-65-67-69-77(90)86-73(72-96-84-82(95)80(93)83(76(71-88)98-84)99-85-81(94)79(92)78(91)75(70-87)97-85)74(89)68-66-64-62-60-58-56-54-52-50-48-46-44-30-28-26-24-22-20-18-16-14-12-10-8-6-4-2/h15,17,21,23,58,60,66,68,73-76,78-85,87-89,91-95H,3-14,16,18-20,22,24-57,59,61-65,67,69-72H2,1-2H3,(H,86,90)/b17-15-,23-21-,60-58+,68-66+. The SMILES string of the molecule is CCCCCCC/C=C\C/C=C\CCCCCCCCCCCCCCCCCCCCCCCCCCCCCC(=O)NC(COC1OC(CO)C(OC2OC(CO)C(O)C(O)C2O)C(O)C1O)C(O)/C=C/CC/C=C/CCCCCCCCCCCCCCCCCCCCCC. The summed E-state index contributed by atoms with van der Waals surface area (Å²) in [7, 11) is 0. The molecule has 2 aliphatic heterocycles. The van der Waals surface area contributed by atoms with Crippen molar-refractivity contribution in [2.75, 3.05) is 19.8 Å². The van der Waals surface area contributed by atoms with Crippen LogP contribution in [0.1, 0.15) is 393 Å². The fraction of sp³-hybridized carbons (Fsp3) is 0.894. The van der Waals surface area contributed by atoms with Gasteiger partial charge in [0.1, 0.15) is 48.8 Å². The van der Waals surface area contributed by atoms with Gasteiger partial charge in [-0.05, 0) is 64.2 Å². The minimum absolute atomic E-state index is 0.241. The molecule has 14 heteroatoms. The summed E-state index contributed by atoms with van der Waals surface area (Å²) in [5, 5.41) is 87.7. The van der Waals surface area contributed by atoms with Gasteiger partial charge in [0.05, 0.1) is 32.0 Å². The Balaban J connectivity index is 1.58. The lowest BCUT2D eigenvalue weighted by Crippen LogP contribution is -2.65. The first-order valence-electron chi connectivity index (χ1n) is 42.4. The van der Waals surface area contributed by atoms with Gasteiger partial charge >= 0.3 is 0 Å². The zero-order valence-corrected chi connectivity index (χ0v) is 64.0. The molecular weight excluding hydrogens is 1240 g/mol. The topological polar surface area (TPSA) is 228 Å². The first-order valence-corrected chi connectivity index (χ1v) is 42.4. The Kier molecular flexibility index (Phi) is 64.9. The summed E-state index contributed by atoms with van der Waals surface area (Å²) in [6.07, 6.45) is 76.5. The van der Waals surface area contributed by atoms with Crippen LogP contribution < -0.4 is 5.32 Å². The van der Waals surface area contributed by atoms with Crippen LogP contribution in [-0.2, 0) is 23.7 Å². The van der Waals surface area contributed by atoms with E-state index in [4.69, 9.17) is 18.9 Å². The van der Waals surface area contributed by atoms with Gasteiger partial charge in [0.25, 0.3) is 0 Å². The van der Waals surface area contributed by atoms with Crippen molar-refractivity contribution < 1.29 is 64.6 Å². The first-order chi connectivity index (χ1) is 48.6. The van der Waals surface area contributed by atoms with Crippen LogP contribution in [0.2, 0.25) is 0 Å². The highest BCUT2D eigenvalue weighted by atomic mass is 16.7. The zero-order chi connectivity index (χ0) is 71.5. The summed E-state index contributed by atoms with van der Waals surface area (Å²) in [5.74, 6) is -0.241. The number of rotatable bonds is 72. The molecular formula is C85H159NO13. The average molecular weight is 1400 g/mol. The largest absolute Gasteiger partial charge is 0.394 e.